The molecule has 0 bridgehead atoms. The Balaban J connectivity index is 2.42. The van der Waals surface area contributed by atoms with Gasteiger partial charge in [0.2, 0.25) is 0 Å². The molecule has 1 aliphatic rings. The zero-order chi connectivity index (χ0) is 15.4. The number of anilines is 1. The molecule has 2 rings (SSSR count). The number of ether oxygens (including phenoxy) is 1. The summed E-state index contributed by atoms with van der Waals surface area (Å²) in [5.41, 5.74) is 0.600. The quantitative estimate of drug-likeness (QED) is 0.776. The van der Waals surface area contributed by atoms with E-state index in [9.17, 15) is 9.90 Å². The molecule has 7 heteroatoms. The maximum Gasteiger partial charge on any atom is 0.339 e. The van der Waals surface area contributed by atoms with Crippen LogP contribution in [-0.4, -0.2) is 52.5 Å². The predicted molar refractivity (Wildman–Crippen MR) is 76.9 cm³/mol. The second-order valence-electron chi connectivity index (χ2n) is 4.70. The predicted octanol–water partition coefficient (Wildman–Crippen LogP) is 0.820. The lowest BCUT2D eigenvalue weighted by Gasteiger charge is -2.30. The minimum absolute atomic E-state index is 0.0420. The van der Waals surface area contributed by atoms with Crippen molar-refractivity contribution in [3.8, 4) is 0 Å². The Hall–Kier alpha value is -2.15. The molecular weight excluding hydrogens is 274 g/mol. The minimum Gasteiger partial charge on any atom is -0.506 e. The van der Waals surface area contributed by atoms with Gasteiger partial charge in [-0.15, -0.1) is 0 Å². The van der Waals surface area contributed by atoms with Crippen molar-refractivity contribution in [1.82, 2.24) is 9.97 Å². The maximum atomic E-state index is 11.9. The Morgan fingerprint density at radius 3 is 2.95 bits per heavy atom. The van der Waals surface area contributed by atoms with Crippen molar-refractivity contribution in [2.45, 2.75) is 20.3 Å². The van der Waals surface area contributed by atoms with Crippen molar-refractivity contribution >= 4 is 17.5 Å². The summed E-state index contributed by atoms with van der Waals surface area (Å²) in [4.78, 5) is 22.2. The topological polar surface area (TPSA) is 95.8 Å². The van der Waals surface area contributed by atoms with Crippen LogP contribution in [0.25, 0.3) is 5.76 Å². The molecule has 0 saturated carbocycles. The lowest BCUT2D eigenvalue weighted by molar-refractivity contribution is -0.138. The molecule has 1 aliphatic heterocycles. The van der Waals surface area contributed by atoms with Gasteiger partial charge in [-0.3, -0.25) is 0 Å². The Morgan fingerprint density at radius 1 is 1.52 bits per heavy atom. The SMILES string of the molecule is CCOC(=O)C1=C(O)c2cnc(C)nc2N(CCCO)C1. The first-order valence-corrected chi connectivity index (χ1v) is 6.87. The number of hydrogen-bond donors (Lipinski definition) is 2. The van der Waals surface area contributed by atoms with Gasteiger partial charge in [0.05, 0.1) is 24.3 Å². The van der Waals surface area contributed by atoms with Gasteiger partial charge in [-0.25, -0.2) is 14.8 Å². The van der Waals surface area contributed by atoms with Gasteiger partial charge in [-0.05, 0) is 20.3 Å². The molecule has 0 unspecified atom stereocenters. The van der Waals surface area contributed by atoms with Gasteiger partial charge in [0.15, 0.2) is 0 Å². The molecule has 2 N–H and O–H groups in total. The van der Waals surface area contributed by atoms with Crippen molar-refractivity contribution in [2.24, 2.45) is 0 Å². The molecule has 21 heavy (non-hydrogen) atoms. The van der Waals surface area contributed by atoms with E-state index in [1.54, 1.807) is 13.8 Å². The van der Waals surface area contributed by atoms with Crippen LogP contribution in [0.15, 0.2) is 11.8 Å². The first kappa shape index (κ1) is 15.2. The minimum atomic E-state index is -0.546. The van der Waals surface area contributed by atoms with Crippen molar-refractivity contribution in [2.75, 3.05) is 31.2 Å². The van der Waals surface area contributed by atoms with E-state index in [2.05, 4.69) is 9.97 Å². The lowest BCUT2D eigenvalue weighted by atomic mass is 10.0. The molecule has 0 fully saturated rings. The molecular formula is C14H19N3O4. The maximum absolute atomic E-state index is 11.9. The summed E-state index contributed by atoms with van der Waals surface area (Å²) in [6.07, 6.45) is 2.04. The zero-order valence-corrected chi connectivity index (χ0v) is 12.2. The van der Waals surface area contributed by atoms with E-state index in [4.69, 9.17) is 9.84 Å². The third-order valence-corrected chi connectivity index (χ3v) is 3.19. The molecule has 7 nitrogen and oxygen atoms in total. The largest absolute Gasteiger partial charge is 0.506 e. The van der Waals surface area contributed by atoms with E-state index in [0.29, 0.717) is 30.2 Å². The summed E-state index contributed by atoms with van der Waals surface area (Å²) in [7, 11) is 0. The molecule has 1 aromatic heterocycles. The van der Waals surface area contributed by atoms with E-state index in [-0.39, 0.29) is 31.1 Å². The summed E-state index contributed by atoms with van der Waals surface area (Å²) >= 11 is 0. The van der Waals surface area contributed by atoms with Crippen LogP contribution in [-0.2, 0) is 9.53 Å². The smallest absolute Gasteiger partial charge is 0.339 e. The van der Waals surface area contributed by atoms with Crippen molar-refractivity contribution in [3.63, 3.8) is 0 Å². The molecule has 0 saturated heterocycles. The lowest BCUT2D eigenvalue weighted by Crippen LogP contribution is -2.35. The van der Waals surface area contributed by atoms with E-state index < -0.39 is 5.97 Å². The van der Waals surface area contributed by atoms with Crippen molar-refractivity contribution in [3.05, 3.63) is 23.2 Å². The highest BCUT2D eigenvalue weighted by Crippen LogP contribution is 2.31. The summed E-state index contributed by atoms with van der Waals surface area (Å²) in [6, 6.07) is 0. The molecule has 114 valence electrons. The van der Waals surface area contributed by atoms with Crippen LogP contribution in [0.1, 0.15) is 24.7 Å². The van der Waals surface area contributed by atoms with Crippen LogP contribution in [0.5, 0.6) is 0 Å². The number of aliphatic hydroxyl groups excluding tert-OH is 2. The van der Waals surface area contributed by atoms with Gasteiger partial charge in [0.25, 0.3) is 0 Å². The summed E-state index contributed by atoms with van der Waals surface area (Å²) in [6.45, 7) is 4.47. The van der Waals surface area contributed by atoms with Crippen LogP contribution in [0.3, 0.4) is 0 Å². The Morgan fingerprint density at radius 2 is 2.29 bits per heavy atom. The first-order chi connectivity index (χ1) is 10.1. The number of carbonyl (C=O) groups is 1. The van der Waals surface area contributed by atoms with Gasteiger partial charge in [0, 0.05) is 19.3 Å². The van der Waals surface area contributed by atoms with E-state index in [1.165, 1.54) is 6.20 Å². The average Bonchev–Trinajstić information content (AvgIpc) is 2.46. The molecule has 2 heterocycles. The normalized spacial score (nSPS) is 14.1. The summed E-state index contributed by atoms with van der Waals surface area (Å²) in [5, 5.41) is 19.3. The molecule has 0 aliphatic carbocycles. The van der Waals surface area contributed by atoms with Crippen LogP contribution < -0.4 is 4.90 Å². The van der Waals surface area contributed by atoms with E-state index >= 15 is 0 Å². The Labute approximate surface area is 122 Å². The second-order valence-corrected chi connectivity index (χ2v) is 4.70. The van der Waals surface area contributed by atoms with Gasteiger partial charge < -0.3 is 19.8 Å². The van der Waals surface area contributed by atoms with E-state index in [0.717, 1.165) is 0 Å². The molecule has 0 radical (unpaired) electrons. The van der Waals surface area contributed by atoms with E-state index in [1.807, 2.05) is 4.90 Å². The average molecular weight is 293 g/mol. The van der Waals surface area contributed by atoms with Crippen molar-refractivity contribution < 1.29 is 19.7 Å². The van der Waals surface area contributed by atoms with Crippen LogP contribution in [0.2, 0.25) is 0 Å². The fraction of sp³-hybridized carbons (Fsp3) is 0.500. The Kier molecular flexibility index (Phi) is 4.74. The number of rotatable bonds is 5. The highest BCUT2D eigenvalue weighted by molar-refractivity contribution is 5.99. The molecule has 1 aromatic rings. The van der Waals surface area contributed by atoms with Gasteiger partial charge in [-0.1, -0.05) is 0 Å². The number of carbonyl (C=O) groups excluding carboxylic acids is 1. The fourth-order valence-electron chi connectivity index (χ4n) is 2.20. The first-order valence-electron chi connectivity index (χ1n) is 6.87. The van der Waals surface area contributed by atoms with Gasteiger partial charge in [-0.2, -0.15) is 0 Å². The summed E-state index contributed by atoms with van der Waals surface area (Å²) in [5.74, 6) is 0.468. The molecule has 0 aromatic carbocycles. The van der Waals surface area contributed by atoms with Gasteiger partial charge in [0.1, 0.15) is 17.4 Å². The second kappa shape index (κ2) is 6.53. The standard InChI is InChI=1S/C14H19N3O4/c1-3-21-14(20)11-8-17(5-4-6-18)13-10(12(11)19)7-15-9(2)16-13/h7,18-19H,3-6,8H2,1-2H3. The highest BCUT2D eigenvalue weighted by Gasteiger charge is 2.30. The third kappa shape index (κ3) is 3.13. The van der Waals surface area contributed by atoms with Crippen LogP contribution >= 0.6 is 0 Å². The Bertz CT molecular complexity index is 571. The highest BCUT2D eigenvalue weighted by atomic mass is 16.5. The number of fused-ring (bicyclic) bond motifs is 1. The molecule has 0 spiro atoms. The van der Waals surface area contributed by atoms with Crippen LogP contribution in [0.4, 0.5) is 5.82 Å². The summed E-state index contributed by atoms with van der Waals surface area (Å²) < 4.78 is 4.97. The molecule has 0 atom stereocenters. The zero-order valence-electron chi connectivity index (χ0n) is 12.2. The number of aromatic nitrogens is 2. The number of aliphatic hydroxyl groups is 2. The number of hydrogen-bond acceptors (Lipinski definition) is 7. The number of nitrogens with zero attached hydrogens (tertiary/aromatic N) is 3. The van der Waals surface area contributed by atoms with Gasteiger partial charge >= 0.3 is 5.97 Å². The third-order valence-electron chi connectivity index (χ3n) is 3.19. The number of esters is 1. The monoisotopic (exact) mass is 293 g/mol. The van der Waals surface area contributed by atoms with Crippen LogP contribution in [0, 0.1) is 6.92 Å². The fourth-order valence-corrected chi connectivity index (χ4v) is 2.20. The van der Waals surface area contributed by atoms with Crippen molar-refractivity contribution in [1.29, 1.82) is 0 Å². The molecule has 0 amide bonds. The number of aryl methyl sites for hydroxylation is 1.